The highest BCUT2D eigenvalue weighted by Gasteiger charge is 2.55. The van der Waals surface area contributed by atoms with Crippen molar-refractivity contribution in [2.45, 2.75) is 149 Å². The van der Waals surface area contributed by atoms with Crippen LogP contribution in [-0.4, -0.2) is 15.8 Å². The van der Waals surface area contributed by atoms with Gasteiger partial charge in [0.15, 0.2) is 0 Å². The zero-order valence-electron chi connectivity index (χ0n) is 49.9. The lowest BCUT2D eigenvalue weighted by Crippen LogP contribution is -2.60. The van der Waals surface area contributed by atoms with Gasteiger partial charge in [0.2, 0.25) is 0 Å². The quantitative estimate of drug-likeness (QED) is 0.156. The Morgan fingerprint density at radius 3 is 1.57 bits per heavy atom. The van der Waals surface area contributed by atoms with E-state index in [1.54, 1.807) is 11.1 Å². The molecule has 3 heteroatoms. The minimum atomic E-state index is -0.536. The van der Waals surface area contributed by atoms with Gasteiger partial charge in [-0.2, -0.15) is 0 Å². The Morgan fingerprint density at radius 1 is 0.451 bits per heavy atom. The zero-order chi connectivity index (χ0) is 55.7. The SMILES string of the molecule is CC1(C)CCC(c2cc3c4c(c2)c2cc(C5CCC(C)(C)CC5)cc5c2n4-c2c(ccc4c2B3c2cc3ccccc3c3c(-c6ccc(C(C)(C)C)cc6)c(-c6ccc(C(C)(C)C)cc6)n-4c23)C52c3ccccc3-c3ccccc32)CC1. The second kappa shape index (κ2) is 16.5. The maximum absolute atomic E-state index is 2.87. The summed E-state index contributed by atoms with van der Waals surface area (Å²) < 4.78 is 5.65. The van der Waals surface area contributed by atoms with Crippen LogP contribution in [0.4, 0.5) is 0 Å². The lowest BCUT2D eigenvalue weighted by Gasteiger charge is -2.44. The summed E-state index contributed by atoms with van der Waals surface area (Å²) in [5.74, 6) is 1.03. The molecule has 2 saturated carbocycles. The Bertz CT molecular complexity index is 4530. The molecule has 0 radical (unpaired) electrons. The zero-order valence-corrected chi connectivity index (χ0v) is 49.9. The van der Waals surface area contributed by atoms with Gasteiger partial charge in [-0.1, -0.05) is 215 Å². The van der Waals surface area contributed by atoms with Gasteiger partial charge in [-0.15, -0.1) is 0 Å². The normalized spacial score (nSPS) is 18.1. The van der Waals surface area contributed by atoms with Crippen LogP contribution < -0.4 is 16.4 Å². The molecule has 11 aromatic rings. The molecule has 0 amide bonds. The minimum Gasteiger partial charge on any atom is -0.310 e. The first-order chi connectivity index (χ1) is 39.4. The second-order valence-electron chi connectivity index (χ2n) is 30.0. The van der Waals surface area contributed by atoms with E-state index in [0.717, 1.165) is 0 Å². The molecule has 6 aliphatic rings. The molecule has 2 nitrogen and oxygen atoms in total. The largest absolute Gasteiger partial charge is 0.310 e. The molecule has 0 N–H and O–H groups in total. The highest BCUT2D eigenvalue weighted by molar-refractivity contribution is 7.00. The van der Waals surface area contributed by atoms with E-state index in [0.29, 0.717) is 22.7 Å². The summed E-state index contributed by atoms with van der Waals surface area (Å²) in [6.07, 6.45) is 9.98. The average molecular weight is 1060 g/mol. The summed E-state index contributed by atoms with van der Waals surface area (Å²) in [5, 5.41) is 6.91. The molecular weight excluding hydrogens is 988 g/mol. The number of rotatable bonds is 4. The molecule has 404 valence electrons. The van der Waals surface area contributed by atoms with Crippen molar-refractivity contribution < 1.29 is 0 Å². The number of aromatic nitrogens is 2. The number of hydrogen-bond donors (Lipinski definition) is 0. The molecule has 2 aromatic heterocycles. The Hall–Kier alpha value is -7.36. The molecule has 5 heterocycles. The number of fused-ring (bicyclic) bond motifs is 13. The lowest BCUT2D eigenvalue weighted by atomic mass is 9.33. The van der Waals surface area contributed by atoms with E-state index in [1.807, 2.05) is 0 Å². The lowest BCUT2D eigenvalue weighted by molar-refractivity contribution is 0.224. The fourth-order valence-corrected chi connectivity index (χ4v) is 17.6. The Morgan fingerprint density at radius 2 is 0.976 bits per heavy atom. The fraction of sp³-hybridized carbons (Fsp3) is 0.316. The summed E-state index contributed by atoms with van der Waals surface area (Å²) in [6, 6.07) is 66.7. The molecule has 9 aromatic carbocycles. The van der Waals surface area contributed by atoms with Crippen LogP contribution >= 0.6 is 0 Å². The molecule has 3 aliphatic carbocycles. The van der Waals surface area contributed by atoms with Crippen LogP contribution in [0.15, 0.2) is 164 Å². The number of nitrogens with zero attached hydrogens (tertiary/aromatic N) is 2. The monoisotopic (exact) mass is 1060 g/mol. The fourth-order valence-electron chi connectivity index (χ4n) is 17.6. The highest BCUT2D eigenvalue weighted by atomic mass is 15.1. The molecule has 3 aliphatic heterocycles. The van der Waals surface area contributed by atoms with Crippen molar-refractivity contribution in [3.8, 4) is 44.9 Å². The Kier molecular flexibility index (Phi) is 9.89. The van der Waals surface area contributed by atoms with E-state index < -0.39 is 5.41 Å². The van der Waals surface area contributed by atoms with Crippen LogP contribution in [0, 0.1) is 10.8 Å². The predicted molar refractivity (Wildman–Crippen MR) is 349 cm³/mol. The third kappa shape index (κ3) is 6.55. The topological polar surface area (TPSA) is 9.86 Å². The van der Waals surface area contributed by atoms with Crippen LogP contribution in [0.1, 0.15) is 177 Å². The van der Waals surface area contributed by atoms with Crippen molar-refractivity contribution in [2.24, 2.45) is 10.8 Å². The van der Waals surface area contributed by atoms with Crippen molar-refractivity contribution in [1.82, 2.24) is 9.13 Å². The minimum absolute atomic E-state index is 0.00322. The van der Waals surface area contributed by atoms with Gasteiger partial charge in [-0.3, -0.25) is 0 Å². The second-order valence-corrected chi connectivity index (χ2v) is 30.0. The van der Waals surface area contributed by atoms with Gasteiger partial charge in [0.1, 0.15) is 0 Å². The smallest absolute Gasteiger partial charge is 0.252 e. The Balaban J connectivity index is 1.07. The van der Waals surface area contributed by atoms with E-state index in [9.17, 15) is 0 Å². The third-order valence-corrected chi connectivity index (χ3v) is 22.0. The first-order valence-electron chi connectivity index (χ1n) is 31.3. The molecule has 82 heavy (non-hydrogen) atoms. The number of benzene rings is 9. The first kappa shape index (κ1) is 49.3. The summed E-state index contributed by atoms with van der Waals surface area (Å²) in [6.45, 7) is 24.0. The molecule has 0 atom stereocenters. The molecule has 17 rings (SSSR count). The van der Waals surface area contributed by atoms with Crippen LogP contribution in [-0.2, 0) is 16.2 Å². The van der Waals surface area contributed by atoms with E-state index in [2.05, 4.69) is 242 Å². The van der Waals surface area contributed by atoms with Crippen molar-refractivity contribution in [1.29, 1.82) is 0 Å². The average Bonchev–Trinajstić information content (AvgIpc) is 1.83. The molecule has 0 bridgehead atoms. The van der Waals surface area contributed by atoms with Crippen LogP contribution in [0.2, 0.25) is 0 Å². The summed E-state index contributed by atoms with van der Waals surface area (Å²) in [7, 11) is 0. The van der Waals surface area contributed by atoms with Crippen LogP contribution in [0.3, 0.4) is 0 Å². The van der Waals surface area contributed by atoms with Crippen molar-refractivity contribution in [2.75, 3.05) is 0 Å². The van der Waals surface area contributed by atoms with Gasteiger partial charge in [-0.25, -0.2) is 0 Å². The summed E-state index contributed by atoms with van der Waals surface area (Å²) in [4.78, 5) is 0. The summed E-state index contributed by atoms with van der Waals surface area (Å²) in [5.41, 5.74) is 31.0. The number of hydrogen-bond acceptors (Lipinski definition) is 0. The van der Waals surface area contributed by atoms with Gasteiger partial charge in [0, 0.05) is 38.6 Å². The Labute approximate surface area is 485 Å². The van der Waals surface area contributed by atoms with Gasteiger partial charge < -0.3 is 9.13 Å². The van der Waals surface area contributed by atoms with E-state index in [4.69, 9.17) is 0 Å². The van der Waals surface area contributed by atoms with Gasteiger partial charge in [0.25, 0.3) is 6.71 Å². The van der Waals surface area contributed by atoms with Gasteiger partial charge in [-0.05, 0) is 197 Å². The van der Waals surface area contributed by atoms with E-state index >= 15 is 0 Å². The van der Waals surface area contributed by atoms with Crippen molar-refractivity contribution in [3.63, 3.8) is 0 Å². The van der Waals surface area contributed by atoms with Gasteiger partial charge in [0.05, 0.1) is 22.1 Å². The van der Waals surface area contributed by atoms with Gasteiger partial charge >= 0.3 is 0 Å². The third-order valence-electron chi connectivity index (χ3n) is 22.0. The molecular formula is C79H75BN2. The maximum atomic E-state index is 2.87. The standard InChI is InChI=1S/C79H75BN2/c1-75(2,3)53-27-23-48(24-28-53)67-68-55-18-12-11-17-50(55)44-65-74(68)81(70(67)49-25-29-54(30-26-49)76(4,5)6)66-32-31-62-73-69(66)80(65)64-45-52(47-35-39-78(9,10)40-36-47)42-59-58-41-51(46-33-37-77(7,8)38-34-46)43-63(71(58)82(73)72(59)64)79(62)60-21-15-13-19-56(60)57-20-14-16-22-61(57)79/h11-32,41-47H,33-40H2,1-10H3. The highest BCUT2D eigenvalue weighted by Crippen LogP contribution is 2.63. The van der Waals surface area contributed by atoms with Crippen LogP contribution in [0.5, 0.6) is 0 Å². The molecule has 0 unspecified atom stereocenters. The van der Waals surface area contributed by atoms with E-state index in [1.165, 1.54) is 190 Å². The maximum Gasteiger partial charge on any atom is 0.252 e. The molecule has 1 spiro atoms. The van der Waals surface area contributed by atoms with E-state index in [-0.39, 0.29) is 17.5 Å². The molecule has 0 saturated heterocycles. The first-order valence-corrected chi connectivity index (χ1v) is 31.3. The molecule has 2 fully saturated rings. The van der Waals surface area contributed by atoms with Crippen molar-refractivity contribution in [3.05, 3.63) is 208 Å². The predicted octanol–water partition coefficient (Wildman–Crippen LogP) is 19.0. The van der Waals surface area contributed by atoms with Crippen LogP contribution in [0.25, 0.3) is 88.4 Å². The summed E-state index contributed by atoms with van der Waals surface area (Å²) >= 11 is 0. The van der Waals surface area contributed by atoms with Crippen molar-refractivity contribution >= 4 is 66.6 Å².